The molecule has 98 valence electrons. The van der Waals surface area contributed by atoms with E-state index in [-0.39, 0.29) is 37.4 Å². The molecule has 0 bridgehead atoms. The van der Waals surface area contributed by atoms with Crippen LogP contribution in [-0.2, 0) is 4.79 Å². The first kappa shape index (κ1) is 20.8. The van der Waals surface area contributed by atoms with Gasteiger partial charge in [-0.3, -0.25) is 4.79 Å². The zero-order chi connectivity index (χ0) is 11.7. The van der Waals surface area contributed by atoms with Crippen LogP contribution in [0, 0.1) is 16.7 Å². The molecule has 0 radical (unpaired) electrons. The summed E-state index contributed by atoms with van der Waals surface area (Å²) in [5.41, 5.74) is 0.641. The van der Waals surface area contributed by atoms with E-state index in [9.17, 15) is 4.79 Å². The minimum absolute atomic E-state index is 0. The molecule has 0 heterocycles. The third-order valence-corrected chi connectivity index (χ3v) is 2.90. The number of allylic oxidation sites excluding steroid dienone is 1. The molecule has 0 aromatic rings. The second-order valence-electron chi connectivity index (χ2n) is 6.18. The number of ketones is 1. The van der Waals surface area contributed by atoms with Crippen LogP contribution in [0.4, 0.5) is 0 Å². The van der Waals surface area contributed by atoms with Gasteiger partial charge in [0.05, 0.1) is 0 Å². The maximum Gasteiger partial charge on any atom is 0.162 e. The molecule has 0 aromatic carbocycles. The van der Waals surface area contributed by atoms with Gasteiger partial charge in [0.25, 0.3) is 0 Å². The summed E-state index contributed by atoms with van der Waals surface area (Å²) in [4.78, 5) is 12.0. The van der Waals surface area contributed by atoms with E-state index in [2.05, 4.69) is 27.4 Å². The van der Waals surface area contributed by atoms with Crippen LogP contribution in [0.2, 0.25) is 0 Å². The van der Waals surface area contributed by atoms with Crippen LogP contribution in [0.15, 0.2) is 12.2 Å². The van der Waals surface area contributed by atoms with E-state index >= 15 is 0 Å². The van der Waals surface area contributed by atoms with E-state index < -0.39 is 0 Å². The summed E-state index contributed by atoms with van der Waals surface area (Å²) in [6.07, 6.45) is 0. The van der Waals surface area contributed by atoms with Gasteiger partial charge in [0.15, 0.2) is 5.78 Å². The lowest BCUT2D eigenvalue weighted by atomic mass is 9.73. The van der Waals surface area contributed by atoms with Crippen molar-refractivity contribution in [1.82, 2.24) is 0 Å². The number of hydrogen-bond donors (Lipinski definition) is 0. The Balaban J connectivity index is -0.000000845. The van der Waals surface area contributed by atoms with Gasteiger partial charge in [0, 0.05) is 5.92 Å². The van der Waals surface area contributed by atoms with E-state index in [4.69, 9.17) is 0 Å². The molecule has 0 N–H and O–H groups in total. The highest BCUT2D eigenvalue weighted by molar-refractivity contribution is 5.97. The summed E-state index contributed by atoms with van der Waals surface area (Å²) in [5, 5.41) is 0. The second kappa shape index (κ2) is 6.22. The average molecular weight is 228 g/mol. The van der Waals surface area contributed by atoms with Crippen molar-refractivity contribution in [2.24, 2.45) is 16.7 Å². The molecule has 0 saturated carbocycles. The van der Waals surface area contributed by atoms with E-state index in [1.165, 1.54) is 0 Å². The van der Waals surface area contributed by atoms with Gasteiger partial charge in [0.1, 0.15) is 0 Å². The quantitative estimate of drug-likeness (QED) is 0.600. The largest absolute Gasteiger partial charge is 0.294 e. The Morgan fingerprint density at radius 2 is 1.31 bits per heavy atom. The molecule has 0 spiro atoms. The molecular formula is C15H32O. The fraction of sp³-hybridized carbons (Fsp3) is 0.800. The Hall–Kier alpha value is -0.590. The summed E-state index contributed by atoms with van der Waals surface area (Å²) < 4.78 is 0. The highest BCUT2D eigenvalue weighted by atomic mass is 16.1. The SMILES string of the molecule is C.C.C=C(C(=O)[C@H](C)C(C)(C)C)C(C)(C)C. The van der Waals surface area contributed by atoms with Gasteiger partial charge in [-0.25, -0.2) is 0 Å². The highest BCUT2D eigenvalue weighted by Crippen LogP contribution is 2.33. The van der Waals surface area contributed by atoms with Crippen molar-refractivity contribution < 1.29 is 4.79 Å². The Bertz CT molecular complexity index is 235. The predicted molar refractivity (Wildman–Crippen MR) is 75.7 cm³/mol. The van der Waals surface area contributed by atoms with E-state index in [1.807, 2.05) is 27.7 Å². The van der Waals surface area contributed by atoms with Crippen molar-refractivity contribution in [3.63, 3.8) is 0 Å². The smallest absolute Gasteiger partial charge is 0.162 e. The molecule has 0 rings (SSSR count). The van der Waals surface area contributed by atoms with Crippen LogP contribution >= 0.6 is 0 Å². The highest BCUT2D eigenvalue weighted by Gasteiger charge is 2.31. The minimum atomic E-state index is -0.114. The predicted octanol–water partition coefficient (Wildman–Crippen LogP) is 5.11. The summed E-state index contributed by atoms with van der Waals surface area (Å²) in [6, 6.07) is 0. The van der Waals surface area contributed by atoms with Crippen LogP contribution in [0.1, 0.15) is 63.3 Å². The molecule has 1 nitrogen and oxygen atoms in total. The minimum Gasteiger partial charge on any atom is -0.294 e. The molecule has 0 aromatic heterocycles. The first-order valence-corrected chi connectivity index (χ1v) is 5.21. The van der Waals surface area contributed by atoms with Gasteiger partial charge >= 0.3 is 0 Å². The van der Waals surface area contributed by atoms with Crippen LogP contribution in [0.5, 0.6) is 0 Å². The Kier molecular flexibility index (Phi) is 8.08. The molecule has 0 aliphatic heterocycles. The molecular weight excluding hydrogens is 196 g/mol. The zero-order valence-electron chi connectivity index (χ0n) is 10.7. The van der Waals surface area contributed by atoms with Gasteiger partial charge in [-0.2, -0.15) is 0 Å². The van der Waals surface area contributed by atoms with Crippen molar-refractivity contribution in [2.45, 2.75) is 63.3 Å². The number of hydrogen-bond acceptors (Lipinski definition) is 1. The van der Waals surface area contributed by atoms with Gasteiger partial charge in [-0.1, -0.05) is 69.9 Å². The maximum absolute atomic E-state index is 12.0. The van der Waals surface area contributed by atoms with Crippen LogP contribution < -0.4 is 0 Å². The summed E-state index contributed by atoms with van der Waals surface area (Å²) in [5.74, 6) is 0.235. The molecule has 0 aliphatic carbocycles. The lowest BCUT2D eigenvalue weighted by Crippen LogP contribution is -2.30. The fourth-order valence-electron chi connectivity index (χ4n) is 1.02. The Labute approximate surface area is 103 Å². The zero-order valence-corrected chi connectivity index (χ0v) is 10.7. The number of Topliss-reactive ketones (excluding diaryl/α,β-unsaturated/α-hetero) is 1. The molecule has 0 saturated heterocycles. The van der Waals surface area contributed by atoms with Crippen molar-refractivity contribution in [2.75, 3.05) is 0 Å². The average Bonchev–Trinajstić information content (AvgIpc) is 1.97. The van der Waals surface area contributed by atoms with E-state index in [0.29, 0.717) is 0 Å². The molecule has 0 amide bonds. The van der Waals surface area contributed by atoms with Crippen molar-refractivity contribution in [1.29, 1.82) is 0 Å². The molecule has 0 fully saturated rings. The molecule has 0 unspecified atom stereocenters. The van der Waals surface area contributed by atoms with Crippen molar-refractivity contribution in [3.05, 3.63) is 12.2 Å². The summed E-state index contributed by atoms with van der Waals surface area (Å²) in [6.45, 7) is 18.3. The Morgan fingerprint density at radius 1 is 1.00 bits per heavy atom. The number of carbonyl (C=O) groups excluding carboxylic acids is 1. The third kappa shape index (κ3) is 5.48. The van der Waals surface area contributed by atoms with E-state index in [1.54, 1.807) is 0 Å². The van der Waals surface area contributed by atoms with Gasteiger partial charge in [0.2, 0.25) is 0 Å². The van der Waals surface area contributed by atoms with Crippen LogP contribution in [0.25, 0.3) is 0 Å². The fourth-order valence-corrected chi connectivity index (χ4v) is 1.02. The maximum atomic E-state index is 12.0. The molecule has 16 heavy (non-hydrogen) atoms. The summed E-state index contributed by atoms with van der Waals surface area (Å²) in [7, 11) is 0. The Morgan fingerprint density at radius 3 is 1.50 bits per heavy atom. The summed E-state index contributed by atoms with van der Waals surface area (Å²) >= 11 is 0. The van der Waals surface area contributed by atoms with Gasteiger partial charge in [-0.05, 0) is 16.4 Å². The van der Waals surface area contributed by atoms with Crippen molar-refractivity contribution in [3.8, 4) is 0 Å². The molecule has 1 atom stereocenters. The number of carbonyl (C=O) groups is 1. The van der Waals surface area contributed by atoms with Crippen LogP contribution in [-0.4, -0.2) is 5.78 Å². The topological polar surface area (TPSA) is 17.1 Å². The number of rotatable bonds is 2. The first-order valence-electron chi connectivity index (χ1n) is 5.21. The standard InChI is InChI=1S/C13H24O.2CH4/c1-9(12(3,4)5)11(14)10(2)13(6,7)8;;/h10H,1H2,2-8H3;2*1H4/t10-;;/m0../s1. The lowest BCUT2D eigenvalue weighted by molar-refractivity contribution is -0.122. The molecule has 0 aliphatic rings. The van der Waals surface area contributed by atoms with Gasteiger partial charge < -0.3 is 0 Å². The first-order chi connectivity index (χ1) is 5.98. The second-order valence-corrected chi connectivity index (χ2v) is 6.18. The molecule has 1 heteroatoms. The van der Waals surface area contributed by atoms with Crippen molar-refractivity contribution >= 4 is 5.78 Å². The van der Waals surface area contributed by atoms with E-state index in [0.717, 1.165) is 5.57 Å². The third-order valence-electron chi connectivity index (χ3n) is 2.90. The normalized spacial score (nSPS) is 13.2. The lowest BCUT2D eigenvalue weighted by Gasteiger charge is -2.30. The monoisotopic (exact) mass is 228 g/mol. The van der Waals surface area contributed by atoms with Crippen LogP contribution in [0.3, 0.4) is 0 Å². The van der Waals surface area contributed by atoms with Gasteiger partial charge in [-0.15, -0.1) is 0 Å².